The molecular formula is C78H73F3N12O4. The predicted octanol–water partition coefficient (Wildman–Crippen LogP) is 19.4. The second-order valence-corrected chi connectivity index (χ2v) is 27.1. The third kappa shape index (κ3) is 12.6. The van der Waals surface area contributed by atoms with Crippen molar-refractivity contribution < 1.29 is 31.6 Å². The molecule has 4 aliphatic rings. The van der Waals surface area contributed by atoms with E-state index in [0.29, 0.717) is 59.1 Å². The first-order valence-electron chi connectivity index (χ1n) is 34.0. The van der Waals surface area contributed by atoms with E-state index < -0.39 is 0 Å². The molecule has 490 valence electrons. The molecule has 1 aliphatic heterocycles. The molecule has 0 saturated heterocycles. The minimum Gasteiger partial charge on any atom is -0.454 e. The number of halogens is 3. The van der Waals surface area contributed by atoms with Gasteiger partial charge in [0.1, 0.15) is 34.9 Å². The molecule has 3 atom stereocenters. The molecule has 0 unspecified atom stereocenters. The van der Waals surface area contributed by atoms with Crippen molar-refractivity contribution in [3.63, 3.8) is 0 Å². The molecule has 3 aliphatic carbocycles. The van der Waals surface area contributed by atoms with Crippen molar-refractivity contribution in [2.45, 2.75) is 133 Å². The first-order chi connectivity index (χ1) is 47.5. The average Bonchev–Trinajstić information content (AvgIpc) is 1.78. The zero-order valence-corrected chi connectivity index (χ0v) is 54.2. The van der Waals surface area contributed by atoms with Crippen LogP contribution in [-0.4, -0.2) is 66.8 Å². The number of nitrogens with one attached hydrogen (secondary N) is 3. The Morgan fingerprint density at radius 1 is 0.412 bits per heavy atom. The summed E-state index contributed by atoms with van der Waals surface area (Å²) in [5.41, 5.74) is 14.0. The second kappa shape index (κ2) is 26.4. The van der Waals surface area contributed by atoms with Gasteiger partial charge in [0, 0.05) is 75.8 Å². The Bertz CT molecular complexity index is 4860. The summed E-state index contributed by atoms with van der Waals surface area (Å²) in [5, 5.41) is 6.77. The standard InChI is InChI=1S/C27H25FN4O.C26H24FN5O.C25H24FN3O2/c1-16(27-31-24-8-6-19(12-25(24)32-27)26-14-29-15-33-26)17-2-4-18(5-3-17)21-10-11-30-23-9-7-20(28)13-22(21)23;1-15(25-30-23-8-6-18(12-24(23)31-25)26-29-14-33-32-26)16-2-4-17(5-3-16)20-10-11-28-22-9-7-19(27)13-21(20)22;1-14(25-28-21-11-23-24(31-13-30-23)12-22(21)29-25)15-2-4-16(5-3-15)18-8-9-27-20-7-6-17(26)10-19(18)20/h6-18H,2-5H2,1H3,(H,31,32);6-17H,2-5H2,1H3,(H,30,31);6-12,14-16H,2-5,13H2,1H3,(H,28,29)/t16-,17?,18?;15-,16?,17?;14-,15?,16?/m111/s1. The first-order valence-corrected chi connectivity index (χ1v) is 34.0. The normalized spacial score (nSPS) is 20.4. The monoisotopic (exact) mass is 1300 g/mol. The van der Waals surface area contributed by atoms with Gasteiger partial charge in [-0.05, 0) is 238 Å². The van der Waals surface area contributed by atoms with Gasteiger partial charge >= 0.3 is 0 Å². The third-order valence-corrected chi connectivity index (χ3v) is 21.6. The largest absolute Gasteiger partial charge is 0.454 e. The van der Waals surface area contributed by atoms with Crippen molar-refractivity contribution in [1.82, 2.24) is 60.0 Å². The molecule has 0 radical (unpaired) electrons. The fourth-order valence-corrected chi connectivity index (χ4v) is 16.0. The summed E-state index contributed by atoms with van der Waals surface area (Å²) in [7, 11) is 0. The van der Waals surface area contributed by atoms with Crippen LogP contribution in [-0.2, 0) is 0 Å². The van der Waals surface area contributed by atoms with Crippen LogP contribution in [0.2, 0.25) is 0 Å². The van der Waals surface area contributed by atoms with Crippen LogP contribution in [0.1, 0.15) is 167 Å². The number of imidazole rings is 3. The molecule has 3 N–H and O–H groups in total. The number of oxazole rings is 1. The smallest absolute Gasteiger partial charge is 0.231 e. The van der Waals surface area contributed by atoms with Crippen molar-refractivity contribution in [2.75, 3.05) is 6.79 Å². The van der Waals surface area contributed by atoms with E-state index >= 15 is 0 Å². The van der Waals surface area contributed by atoms with Gasteiger partial charge in [0.2, 0.25) is 19.0 Å². The fourth-order valence-electron chi connectivity index (χ4n) is 16.0. The Kier molecular flexibility index (Phi) is 16.7. The average molecular weight is 1300 g/mol. The lowest BCUT2D eigenvalue weighted by atomic mass is 9.73. The van der Waals surface area contributed by atoms with Crippen LogP contribution in [0.15, 0.2) is 168 Å². The Morgan fingerprint density at radius 3 is 1.26 bits per heavy atom. The van der Waals surface area contributed by atoms with Gasteiger partial charge in [0.15, 0.2) is 23.7 Å². The minimum absolute atomic E-state index is 0.198. The lowest BCUT2D eigenvalue weighted by molar-refractivity contribution is 0.174. The number of H-pyrrole nitrogens is 3. The number of rotatable bonds is 11. The van der Waals surface area contributed by atoms with E-state index in [1.807, 2.05) is 61.1 Å². The SMILES string of the molecule is C[C@@H](c1nc2cc3c(cc2[nH]1)OCO3)C1CCC(c2ccnc3ccc(F)cc23)CC1.C[C@@H](c1nc2ccc(-c3cnco3)cc2[nH]1)C1CCC(c2ccnc3ccc(F)cc23)CC1.C[C@@H](c1nc2ccc(-c3ncon3)cc2[nH]1)C1CCC(c2ccnc3ccc(F)cc23)CC1. The molecule has 0 amide bonds. The summed E-state index contributed by atoms with van der Waals surface area (Å²) >= 11 is 0. The maximum Gasteiger partial charge on any atom is 0.231 e. The Hall–Kier alpha value is -10.3. The summed E-state index contributed by atoms with van der Waals surface area (Å²) in [6, 6.07) is 36.9. The summed E-state index contributed by atoms with van der Waals surface area (Å²) < 4.78 is 62.9. The number of nitrogens with zero attached hydrogens (tertiary/aromatic N) is 9. The summed E-state index contributed by atoms with van der Waals surface area (Å²) in [5.74, 6) is 9.41. The second-order valence-electron chi connectivity index (χ2n) is 27.1. The van der Waals surface area contributed by atoms with E-state index in [4.69, 9.17) is 33.4 Å². The van der Waals surface area contributed by atoms with Crippen LogP contribution in [0.5, 0.6) is 11.5 Å². The van der Waals surface area contributed by atoms with E-state index in [0.717, 1.165) is 189 Å². The highest BCUT2D eigenvalue weighted by atomic mass is 19.1. The molecule has 0 spiro atoms. The van der Waals surface area contributed by atoms with Crippen LogP contribution in [0.4, 0.5) is 13.2 Å². The Morgan fingerprint density at radius 2 is 0.825 bits per heavy atom. The summed E-state index contributed by atoms with van der Waals surface area (Å²) in [4.78, 5) is 46.5. The molecule has 6 aromatic carbocycles. The molecule has 18 rings (SSSR count). The quantitative estimate of drug-likeness (QED) is 0.110. The summed E-state index contributed by atoms with van der Waals surface area (Å²) in [6.45, 7) is 7.08. The van der Waals surface area contributed by atoms with Crippen molar-refractivity contribution in [3.8, 4) is 34.2 Å². The van der Waals surface area contributed by atoms with E-state index in [1.165, 1.54) is 47.7 Å². The molecule has 3 saturated carbocycles. The molecule has 9 heterocycles. The number of aromatic nitrogens is 12. The van der Waals surface area contributed by atoms with Crippen LogP contribution in [0.25, 0.3) is 88.5 Å². The molecule has 14 aromatic rings. The van der Waals surface area contributed by atoms with Gasteiger partial charge in [-0.15, -0.1) is 0 Å². The van der Waals surface area contributed by atoms with Crippen molar-refractivity contribution in [1.29, 1.82) is 0 Å². The van der Waals surface area contributed by atoms with Crippen molar-refractivity contribution in [2.24, 2.45) is 17.8 Å². The van der Waals surface area contributed by atoms with Gasteiger partial charge in [-0.25, -0.2) is 33.1 Å². The predicted molar refractivity (Wildman–Crippen MR) is 368 cm³/mol. The highest BCUT2D eigenvalue weighted by Gasteiger charge is 2.33. The lowest BCUT2D eigenvalue weighted by Gasteiger charge is -2.32. The van der Waals surface area contributed by atoms with Gasteiger partial charge in [-0.2, -0.15) is 4.98 Å². The van der Waals surface area contributed by atoms with Crippen LogP contribution in [0, 0.1) is 35.2 Å². The van der Waals surface area contributed by atoms with E-state index in [2.05, 4.69) is 90.1 Å². The topological polar surface area (TPSA) is 208 Å². The molecule has 97 heavy (non-hydrogen) atoms. The van der Waals surface area contributed by atoms with Gasteiger partial charge in [0.25, 0.3) is 0 Å². The zero-order valence-electron chi connectivity index (χ0n) is 54.2. The minimum atomic E-state index is -0.202. The number of aromatic amines is 3. The highest BCUT2D eigenvalue weighted by Crippen LogP contribution is 2.47. The number of ether oxygens (including phenoxy) is 2. The number of pyridine rings is 3. The lowest BCUT2D eigenvalue weighted by Crippen LogP contribution is -2.19. The maximum absolute atomic E-state index is 13.9. The molecule has 8 aromatic heterocycles. The van der Waals surface area contributed by atoms with Gasteiger partial charge in [-0.3, -0.25) is 15.0 Å². The van der Waals surface area contributed by atoms with Crippen LogP contribution < -0.4 is 9.47 Å². The van der Waals surface area contributed by atoms with Crippen LogP contribution in [0.3, 0.4) is 0 Å². The van der Waals surface area contributed by atoms with E-state index in [1.54, 1.807) is 42.6 Å². The van der Waals surface area contributed by atoms with Gasteiger partial charge in [-0.1, -0.05) is 25.9 Å². The van der Waals surface area contributed by atoms with E-state index in [-0.39, 0.29) is 24.2 Å². The molecular weight excluding hydrogens is 1230 g/mol. The first kappa shape index (κ1) is 61.6. The maximum atomic E-state index is 13.9. The number of hydrogen-bond donors (Lipinski definition) is 3. The zero-order chi connectivity index (χ0) is 65.7. The number of benzene rings is 6. The molecule has 16 nitrogen and oxygen atoms in total. The molecule has 3 fully saturated rings. The van der Waals surface area contributed by atoms with E-state index in [9.17, 15) is 13.2 Å². The molecule has 0 bridgehead atoms. The summed E-state index contributed by atoms with van der Waals surface area (Å²) in [6.07, 6.45) is 23.4. The van der Waals surface area contributed by atoms with Gasteiger partial charge in [0.05, 0.1) is 55.8 Å². The fraction of sp³-hybridized carbons (Fsp3) is 0.321. The Balaban J connectivity index is 0.000000114. The number of fused-ring (bicyclic) bond motifs is 7. The van der Waals surface area contributed by atoms with Crippen molar-refractivity contribution in [3.05, 3.63) is 211 Å². The molecule has 19 heteroatoms. The van der Waals surface area contributed by atoms with Crippen molar-refractivity contribution >= 4 is 65.8 Å². The number of hydrogen-bond acceptors (Lipinski definition) is 13. The third-order valence-electron chi connectivity index (χ3n) is 21.6. The highest BCUT2D eigenvalue weighted by molar-refractivity contribution is 5.86. The van der Waals surface area contributed by atoms with Crippen LogP contribution >= 0.6 is 0 Å². The Labute approximate surface area is 557 Å². The van der Waals surface area contributed by atoms with Gasteiger partial charge < -0.3 is 33.4 Å².